The lowest BCUT2D eigenvalue weighted by Gasteiger charge is -2.29. The second kappa shape index (κ2) is 3.91. The van der Waals surface area contributed by atoms with Crippen molar-refractivity contribution in [3.8, 4) is 0 Å². The summed E-state index contributed by atoms with van der Waals surface area (Å²) in [5.74, 6) is 0.566. The van der Waals surface area contributed by atoms with Crippen LogP contribution in [0.25, 0.3) is 0 Å². The van der Waals surface area contributed by atoms with Gasteiger partial charge >= 0.3 is 0 Å². The van der Waals surface area contributed by atoms with Crippen molar-refractivity contribution in [2.45, 2.75) is 27.2 Å². The molecule has 0 fully saturated rings. The molecule has 0 saturated heterocycles. The van der Waals surface area contributed by atoms with E-state index in [1.54, 1.807) is 0 Å². The molecule has 1 aliphatic rings. The standard InChI is InChI=1S/C12H20N2/c1-4-9(2)12(3)6-5-10(13)7-11(14)8-12/h5-9H,4,13-14H2,1-3H3. The van der Waals surface area contributed by atoms with Gasteiger partial charge in [0.05, 0.1) is 0 Å². The highest BCUT2D eigenvalue weighted by molar-refractivity contribution is 5.34. The van der Waals surface area contributed by atoms with Gasteiger partial charge in [-0.25, -0.2) is 0 Å². The van der Waals surface area contributed by atoms with Crippen molar-refractivity contribution in [2.24, 2.45) is 22.8 Å². The Kier molecular flexibility index (Phi) is 3.04. The molecule has 0 aromatic heterocycles. The number of hydrogen-bond donors (Lipinski definition) is 2. The molecule has 0 amide bonds. The summed E-state index contributed by atoms with van der Waals surface area (Å²) in [5, 5.41) is 0. The molecule has 0 saturated carbocycles. The van der Waals surface area contributed by atoms with Crippen molar-refractivity contribution in [3.05, 3.63) is 35.7 Å². The second-order valence-corrected chi connectivity index (χ2v) is 4.30. The van der Waals surface area contributed by atoms with Crippen LogP contribution in [0.3, 0.4) is 0 Å². The lowest BCUT2D eigenvalue weighted by Crippen LogP contribution is -2.21. The van der Waals surface area contributed by atoms with Gasteiger partial charge in [0.1, 0.15) is 0 Å². The summed E-state index contributed by atoms with van der Waals surface area (Å²) in [4.78, 5) is 0. The molecular weight excluding hydrogens is 172 g/mol. The van der Waals surface area contributed by atoms with E-state index in [-0.39, 0.29) is 5.41 Å². The van der Waals surface area contributed by atoms with Crippen LogP contribution in [0.15, 0.2) is 35.7 Å². The van der Waals surface area contributed by atoms with Crippen LogP contribution in [0.2, 0.25) is 0 Å². The Morgan fingerprint density at radius 2 is 2.00 bits per heavy atom. The van der Waals surface area contributed by atoms with Crippen LogP contribution < -0.4 is 11.5 Å². The van der Waals surface area contributed by atoms with Gasteiger partial charge in [-0.15, -0.1) is 0 Å². The third-order valence-corrected chi connectivity index (χ3v) is 3.12. The third kappa shape index (κ3) is 2.19. The van der Waals surface area contributed by atoms with Gasteiger partial charge in [0.15, 0.2) is 0 Å². The zero-order chi connectivity index (χ0) is 10.8. The molecule has 0 aromatic rings. The van der Waals surface area contributed by atoms with Gasteiger partial charge < -0.3 is 11.5 Å². The van der Waals surface area contributed by atoms with Crippen molar-refractivity contribution in [1.29, 1.82) is 0 Å². The minimum absolute atomic E-state index is 0.0243. The van der Waals surface area contributed by atoms with E-state index in [2.05, 4.69) is 32.9 Å². The maximum atomic E-state index is 5.86. The van der Waals surface area contributed by atoms with Crippen LogP contribution in [0.4, 0.5) is 0 Å². The van der Waals surface area contributed by atoms with Crippen molar-refractivity contribution >= 4 is 0 Å². The Morgan fingerprint density at radius 3 is 2.57 bits per heavy atom. The maximum absolute atomic E-state index is 5.86. The maximum Gasteiger partial charge on any atom is 0.0331 e. The Morgan fingerprint density at radius 1 is 1.36 bits per heavy atom. The molecule has 2 heteroatoms. The van der Waals surface area contributed by atoms with E-state index in [1.807, 2.05) is 12.2 Å². The van der Waals surface area contributed by atoms with Crippen molar-refractivity contribution < 1.29 is 0 Å². The predicted octanol–water partition coefficient (Wildman–Crippen LogP) is 2.29. The van der Waals surface area contributed by atoms with Gasteiger partial charge in [0.25, 0.3) is 0 Å². The van der Waals surface area contributed by atoms with Gasteiger partial charge in [0, 0.05) is 16.8 Å². The van der Waals surface area contributed by atoms with Crippen LogP contribution in [0, 0.1) is 11.3 Å². The van der Waals surface area contributed by atoms with Gasteiger partial charge in [-0.05, 0) is 18.1 Å². The van der Waals surface area contributed by atoms with Crippen LogP contribution in [0.5, 0.6) is 0 Å². The van der Waals surface area contributed by atoms with E-state index in [1.165, 1.54) is 0 Å². The lowest BCUT2D eigenvalue weighted by molar-refractivity contribution is 0.342. The first kappa shape index (κ1) is 10.9. The molecule has 0 aliphatic heterocycles. The fourth-order valence-electron chi connectivity index (χ4n) is 1.71. The monoisotopic (exact) mass is 192 g/mol. The zero-order valence-corrected chi connectivity index (χ0v) is 9.25. The molecule has 2 atom stereocenters. The van der Waals surface area contributed by atoms with Crippen molar-refractivity contribution in [2.75, 3.05) is 0 Å². The molecule has 0 aromatic carbocycles. The smallest absolute Gasteiger partial charge is 0.0331 e. The van der Waals surface area contributed by atoms with E-state index in [4.69, 9.17) is 11.5 Å². The quantitative estimate of drug-likeness (QED) is 0.705. The first-order chi connectivity index (χ1) is 6.48. The van der Waals surface area contributed by atoms with Crippen molar-refractivity contribution in [1.82, 2.24) is 0 Å². The normalized spacial score (nSPS) is 29.1. The van der Waals surface area contributed by atoms with Crippen LogP contribution in [-0.2, 0) is 0 Å². The van der Waals surface area contributed by atoms with E-state index < -0.39 is 0 Å². The van der Waals surface area contributed by atoms with Gasteiger partial charge in [-0.3, -0.25) is 0 Å². The minimum atomic E-state index is 0.0243. The predicted molar refractivity (Wildman–Crippen MR) is 61.2 cm³/mol. The second-order valence-electron chi connectivity index (χ2n) is 4.30. The van der Waals surface area contributed by atoms with E-state index >= 15 is 0 Å². The molecule has 0 radical (unpaired) electrons. The topological polar surface area (TPSA) is 52.0 Å². The van der Waals surface area contributed by atoms with Crippen LogP contribution in [-0.4, -0.2) is 0 Å². The fraction of sp³-hybridized carbons (Fsp3) is 0.500. The summed E-state index contributed by atoms with van der Waals surface area (Å²) < 4.78 is 0. The molecule has 1 aliphatic carbocycles. The van der Waals surface area contributed by atoms with Crippen LogP contribution in [0.1, 0.15) is 27.2 Å². The molecule has 0 spiro atoms. The highest BCUT2D eigenvalue weighted by Crippen LogP contribution is 2.35. The zero-order valence-electron chi connectivity index (χ0n) is 9.25. The average molecular weight is 192 g/mol. The Balaban J connectivity index is 3.03. The third-order valence-electron chi connectivity index (χ3n) is 3.12. The first-order valence-corrected chi connectivity index (χ1v) is 5.12. The highest BCUT2D eigenvalue weighted by Gasteiger charge is 2.25. The molecule has 78 valence electrons. The largest absolute Gasteiger partial charge is 0.399 e. The minimum Gasteiger partial charge on any atom is -0.399 e. The summed E-state index contributed by atoms with van der Waals surface area (Å²) in [7, 11) is 0. The molecule has 0 bridgehead atoms. The number of allylic oxidation sites excluding steroid dienone is 4. The molecule has 14 heavy (non-hydrogen) atoms. The molecule has 4 N–H and O–H groups in total. The summed E-state index contributed by atoms with van der Waals surface area (Å²) in [6.07, 6.45) is 9.13. The fourth-order valence-corrected chi connectivity index (χ4v) is 1.71. The van der Waals surface area contributed by atoms with Gasteiger partial charge in [0.2, 0.25) is 0 Å². The Hall–Kier alpha value is -1.18. The molecular formula is C12H20N2. The number of rotatable bonds is 2. The number of nitrogens with two attached hydrogens (primary N) is 2. The van der Waals surface area contributed by atoms with E-state index in [9.17, 15) is 0 Å². The first-order valence-electron chi connectivity index (χ1n) is 5.12. The van der Waals surface area contributed by atoms with E-state index in [0.29, 0.717) is 5.92 Å². The SMILES string of the molecule is CCC(C)C1(C)C=CC(N)=CC(N)=C1. The van der Waals surface area contributed by atoms with Gasteiger partial charge in [-0.1, -0.05) is 39.3 Å². The molecule has 0 heterocycles. The molecule has 2 unspecified atom stereocenters. The Bertz CT molecular complexity index is 299. The van der Waals surface area contributed by atoms with E-state index in [0.717, 1.165) is 17.8 Å². The summed E-state index contributed by atoms with van der Waals surface area (Å²) >= 11 is 0. The van der Waals surface area contributed by atoms with Gasteiger partial charge in [-0.2, -0.15) is 0 Å². The van der Waals surface area contributed by atoms with Crippen LogP contribution >= 0.6 is 0 Å². The number of hydrogen-bond acceptors (Lipinski definition) is 2. The summed E-state index contributed by atoms with van der Waals surface area (Å²) in [6.45, 7) is 6.61. The Labute approximate surface area is 86.4 Å². The van der Waals surface area contributed by atoms with Crippen molar-refractivity contribution in [3.63, 3.8) is 0 Å². The lowest BCUT2D eigenvalue weighted by atomic mass is 9.76. The molecule has 1 rings (SSSR count). The molecule has 2 nitrogen and oxygen atoms in total. The average Bonchev–Trinajstić information content (AvgIpc) is 2.24. The summed E-state index contributed by atoms with van der Waals surface area (Å²) in [6, 6.07) is 0. The summed E-state index contributed by atoms with van der Waals surface area (Å²) in [5.41, 5.74) is 13.1. The highest BCUT2D eigenvalue weighted by atomic mass is 14.6.